The molecule has 0 amide bonds. The van der Waals surface area contributed by atoms with E-state index in [0.29, 0.717) is 28.7 Å². The van der Waals surface area contributed by atoms with Crippen molar-refractivity contribution in [1.82, 2.24) is 10.1 Å². The fourth-order valence-electron chi connectivity index (χ4n) is 3.23. The first kappa shape index (κ1) is 22.8. The molecule has 0 aliphatic heterocycles. The average Bonchev–Trinajstić information content (AvgIpc) is 3.46. The molecule has 0 radical (unpaired) electrons. The van der Waals surface area contributed by atoms with E-state index in [1.54, 1.807) is 24.3 Å². The van der Waals surface area contributed by atoms with Gasteiger partial charge in [0.15, 0.2) is 11.6 Å². The molecule has 2 heterocycles. The minimum absolute atomic E-state index is 0.0691. The predicted molar refractivity (Wildman–Crippen MR) is 111 cm³/mol. The van der Waals surface area contributed by atoms with Gasteiger partial charge >= 0.3 is 0 Å². The lowest BCUT2D eigenvalue weighted by molar-refractivity contribution is -0.193. The lowest BCUT2D eigenvalue weighted by atomic mass is 10.00. The maximum atomic E-state index is 14.3. The van der Waals surface area contributed by atoms with E-state index < -0.39 is 24.6 Å². The maximum Gasteiger partial charge on any atom is 0.258 e. The molecule has 0 atom stereocenters. The predicted octanol–water partition coefficient (Wildman–Crippen LogP) is 5.03. The van der Waals surface area contributed by atoms with E-state index in [1.165, 1.54) is 18.2 Å². The maximum absolute atomic E-state index is 14.3. The Bertz CT molecular complexity index is 1240. The molecule has 2 N–H and O–H groups in total. The summed E-state index contributed by atoms with van der Waals surface area (Å²) in [6.07, 6.45) is 0.760. The molecular weight excluding hydrogens is 443 g/mol. The van der Waals surface area contributed by atoms with Crippen molar-refractivity contribution in [2.75, 3.05) is 19.8 Å². The van der Waals surface area contributed by atoms with Crippen molar-refractivity contribution in [1.29, 1.82) is 0 Å². The van der Waals surface area contributed by atoms with Gasteiger partial charge in [0.25, 0.3) is 5.89 Å². The SMILES string of the molecule is CCCOc1ccc(-c2nc(-c3ccc4oc(C(N)(COF)COF)cc4c3)no2)cc1F. The summed E-state index contributed by atoms with van der Waals surface area (Å²) in [5.74, 6) is 0.0564. The Labute approximate surface area is 185 Å². The van der Waals surface area contributed by atoms with E-state index in [-0.39, 0.29) is 23.2 Å². The summed E-state index contributed by atoms with van der Waals surface area (Å²) >= 11 is 0. The molecule has 8 nitrogen and oxygen atoms in total. The van der Waals surface area contributed by atoms with Crippen LogP contribution < -0.4 is 10.5 Å². The molecule has 0 aliphatic carbocycles. The van der Waals surface area contributed by atoms with Gasteiger partial charge in [-0.3, -0.25) is 0 Å². The number of ether oxygens (including phenoxy) is 1. The number of fused-ring (bicyclic) bond motifs is 1. The number of hydrogen-bond acceptors (Lipinski definition) is 8. The third-order valence-electron chi connectivity index (χ3n) is 4.96. The van der Waals surface area contributed by atoms with E-state index in [1.807, 2.05) is 6.92 Å². The summed E-state index contributed by atoms with van der Waals surface area (Å²) < 4.78 is 55.4. The third kappa shape index (κ3) is 4.70. The molecule has 0 fully saturated rings. The molecule has 4 aromatic rings. The first-order valence-electron chi connectivity index (χ1n) is 10.0. The molecule has 11 heteroatoms. The van der Waals surface area contributed by atoms with Gasteiger partial charge in [-0.2, -0.15) is 14.9 Å². The molecular formula is C22H20F3N3O5. The smallest absolute Gasteiger partial charge is 0.258 e. The molecule has 0 saturated carbocycles. The van der Waals surface area contributed by atoms with Crippen LogP contribution in [0.4, 0.5) is 13.4 Å². The second-order valence-electron chi connectivity index (χ2n) is 7.44. The quantitative estimate of drug-likeness (QED) is 0.349. The zero-order chi connectivity index (χ0) is 23.4. The lowest BCUT2D eigenvalue weighted by Gasteiger charge is -2.22. The van der Waals surface area contributed by atoms with E-state index in [0.717, 1.165) is 6.42 Å². The van der Waals surface area contributed by atoms with Crippen LogP contribution in [0.3, 0.4) is 0 Å². The summed E-state index contributed by atoms with van der Waals surface area (Å²) in [5.41, 5.74) is 5.68. The van der Waals surface area contributed by atoms with Crippen LogP contribution in [0.2, 0.25) is 0 Å². The third-order valence-corrected chi connectivity index (χ3v) is 4.96. The van der Waals surface area contributed by atoms with Crippen molar-refractivity contribution in [2.45, 2.75) is 18.9 Å². The van der Waals surface area contributed by atoms with Crippen molar-refractivity contribution >= 4 is 11.0 Å². The molecule has 33 heavy (non-hydrogen) atoms. The number of furan rings is 1. The van der Waals surface area contributed by atoms with E-state index in [9.17, 15) is 13.4 Å². The molecule has 2 aromatic carbocycles. The van der Waals surface area contributed by atoms with Gasteiger partial charge in [-0.05, 0) is 57.9 Å². The van der Waals surface area contributed by atoms with Crippen LogP contribution in [0.15, 0.2) is 51.4 Å². The van der Waals surface area contributed by atoms with E-state index >= 15 is 0 Å². The first-order valence-corrected chi connectivity index (χ1v) is 10.0. The lowest BCUT2D eigenvalue weighted by Crippen LogP contribution is -2.44. The molecule has 0 saturated heterocycles. The van der Waals surface area contributed by atoms with Gasteiger partial charge in [0, 0.05) is 16.5 Å². The van der Waals surface area contributed by atoms with Gasteiger partial charge in [-0.15, -0.1) is 0 Å². The fraction of sp³-hybridized carbons (Fsp3) is 0.273. The highest BCUT2D eigenvalue weighted by atomic mass is 19.3. The zero-order valence-electron chi connectivity index (χ0n) is 17.5. The number of nitrogens with zero attached hydrogens (tertiary/aromatic N) is 2. The Morgan fingerprint density at radius 1 is 1.03 bits per heavy atom. The van der Waals surface area contributed by atoms with Crippen molar-refractivity contribution < 1.29 is 37.0 Å². The molecule has 2 aromatic heterocycles. The number of nitrogens with two attached hydrogens (primary N) is 1. The number of hydrogen-bond donors (Lipinski definition) is 1. The minimum Gasteiger partial charge on any atom is -0.491 e. The van der Waals surface area contributed by atoms with Crippen LogP contribution in [-0.2, 0) is 15.4 Å². The monoisotopic (exact) mass is 463 g/mol. The zero-order valence-corrected chi connectivity index (χ0v) is 17.5. The Hall–Kier alpha value is -3.41. The fourth-order valence-corrected chi connectivity index (χ4v) is 3.23. The highest BCUT2D eigenvalue weighted by Gasteiger charge is 2.34. The number of aromatic nitrogens is 2. The standard InChI is InChI=1S/C22H20F3N3O5/c1-2-7-29-18-6-4-14(9-16(18)23)21-27-20(28-33-21)13-3-5-17-15(8-13)10-19(32-17)22(26,11-30-24)12-31-25/h3-6,8-10H,2,7,11-12,26H2,1H3. The van der Waals surface area contributed by atoms with Gasteiger partial charge in [-0.25, -0.2) is 4.39 Å². The van der Waals surface area contributed by atoms with Crippen LogP contribution >= 0.6 is 0 Å². The Morgan fingerprint density at radius 2 is 1.79 bits per heavy atom. The van der Waals surface area contributed by atoms with Gasteiger partial charge in [0.2, 0.25) is 5.82 Å². The summed E-state index contributed by atoms with van der Waals surface area (Å²) in [6.45, 7) is 0.997. The van der Waals surface area contributed by atoms with Crippen molar-refractivity contribution in [3.05, 3.63) is 54.0 Å². The summed E-state index contributed by atoms with van der Waals surface area (Å²) in [7, 11) is 0. The normalized spacial score (nSPS) is 11.9. The van der Waals surface area contributed by atoms with Crippen molar-refractivity contribution in [3.8, 4) is 28.6 Å². The van der Waals surface area contributed by atoms with Gasteiger partial charge in [0.05, 0.1) is 6.61 Å². The molecule has 0 unspecified atom stereocenters. The first-order chi connectivity index (χ1) is 16.0. The number of halogens is 3. The molecule has 174 valence electrons. The van der Waals surface area contributed by atoms with E-state index in [2.05, 4.69) is 20.0 Å². The second kappa shape index (κ2) is 9.61. The van der Waals surface area contributed by atoms with E-state index in [4.69, 9.17) is 19.4 Å². The van der Waals surface area contributed by atoms with Gasteiger partial charge in [-0.1, -0.05) is 12.1 Å². The Kier molecular flexibility index (Phi) is 6.63. The van der Waals surface area contributed by atoms with Crippen molar-refractivity contribution in [3.63, 3.8) is 0 Å². The summed E-state index contributed by atoms with van der Waals surface area (Å²) in [6, 6.07) is 10.9. The highest BCUT2D eigenvalue weighted by molar-refractivity contribution is 5.83. The van der Waals surface area contributed by atoms with Crippen molar-refractivity contribution in [2.24, 2.45) is 5.73 Å². The van der Waals surface area contributed by atoms with Gasteiger partial charge < -0.3 is 19.4 Å². The molecule has 0 aliphatic rings. The van der Waals surface area contributed by atoms with Crippen LogP contribution in [0.5, 0.6) is 5.75 Å². The molecule has 0 bridgehead atoms. The Morgan fingerprint density at radius 3 is 2.48 bits per heavy atom. The van der Waals surface area contributed by atoms with Gasteiger partial charge in [0.1, 0.15) is 30.1 Å². The minimum atomic E-state index is -1.67. The number of rotatable bonds is 10. The van der Waals surface area contributed by atoms with Crippen LogP contribution in [0, 0.1) is 5.82 Å². The van der Waals surface area contributed by atoms with Crippen LogP contribution in [0.1, 0.15) is 19.1 Å². The topological polar surface area (TPSA) is 106 Å². The van der Waals surface area contributed by atoms with Crippen LogP contribution in [0.25, 0.3) is 33.8 Å². The summed E-state index contributed by atoms with van der Waals surface area (Å²) in [5, 5.41) is 4.53. The average molecular weight is 463 g/mol. The van der Waals surface area contributed by atoms with Crippen LogP contribution in [-0.4, -0.2) is 30.0 Å². The molecule has 0 spiro atoms. The number of benzene rings is 2. The highest BCUT2D eigenvalue weighted by Crippen LogP contribution is 2.31. The molecule has 4 rings (SSSR count). The second-order valence-corrected chi connectivity index (χ2v) is 7.44. The Balaban J connectivity index is 1.61. The largest absolute Gasteiger partial charge is 0.491 e. The summed E-state index contributed by atoms with van der Waals surface area (Å²) in [4.78, 5) is 11.5.